The van der Waals surface area contributed by atoms with E-state index >= 15 is 0 Å². The van der Waals surface area contributed by atoms with Crippen LogP contribution in [0.2, 0.25) is 0 Å². The molecule has 0 unspecified atom stereocenters. The molecule has 0 fully saturated rings. The van der Waals surface area contributed by atoms with Gasteiger partial charge in [0.05, 0.1) is 16.8 Å². The SMILES string of the molecule is CCCn1nc(C)c(CNC(=O)c2cnc3ccccc3c2)c1C. The Kier molecular flexibility index (Phi) is 4.60. The van der Waals surface area contributed by atoms with E-state index in [1.165, 1.54) is 0 Å². The van der Waals surface area contributed by atoms with E-state index in [1.54, 1.807) is 6.20 Å². The number of para-hydroxylation sites is 1. The van der Waals surface area contributed by atoms with Crippen LogP contribution in [0.15, 0.2) is 36.5 Å². The molecule has 2 aromatic heterocycles. The minimum Gasteiger partial charge on any atom is -0.348 e. The lowest BCUT2D eigenvalue weighted by Gasteiger charge is -2.07. The number of nitrogens with one attached hydrogen (secondary N) is 1. The van der Waals surface area contributed by atoms with Crippen LogP contribution in [0.1, 0.15) is 40.7 Å². The van der Waals surface area contributed by atoms with Crippen molar-refractivity contribution < 1.29 is 4.79 Å². The number of aryl methyl sites for hydroxylation is 2. The quantitative estimate of drug-likeness (QED) is 0.783. The molecule has 3 rings (SSSR count). The molecule has 3 aromatic rings. The van der Waals surface area contributed by atoms with Crippen molar-refractivity contribution in [2.24, 2.45) is 0 Å². The minimum atomic E-state index is -0.115. The average molecular weight is 322 g/mol. The van der Waals surface area contributed by atoms with E-state index in [2.05, 4.69) is 29.2 Å². The third kappa shape index (κ3) is 3.15. The van der Waals surface area contributed by atoms with Crippen LogP contribution in [0.25, 0.3) is 10.9 Å². The molecule has 0 saturated carbocycles. The highest BCUT2D eigenvalue weighted by Crippen LogP contribution is 2.15. The zero-order valence-corrected chi connectivity index (χ0v) is 14.3. The van der Waals surface area contributed by atoms with Crippen LogP contribution in [0.5, 0.6) is 0 Å². The van der Waals surface area contributed by atoms with Gasteiger partial charge in [0.25, 0.3) is 5.91 Å². The molecule has 0 saturated heterocycles. The van der Waals surface area contributed by atoms with E-state index in [4.69, 9.17) is 0 Å². The summed E-state index contributed by atoms with van der Waals surface area (Å²) in [5.41, 5.74) is 4.64. The second-order valence-corrected chi connectivity index (χ2v) is 5.97. The minimum absolute atomic E-state index is 0.115. The second-order valence-electron chi connectivity index (χ2n) is 5.97. The van der Waals surface area contributed by atoms with Gasteiger partial charge in [0.15, 0.2) is 0 Å². The summed E-state index contributed by atoms with van der Waals surface area (Å²) in [7, 11) is 0. The summed E-state index contributed by atoms with van der Waals surface area (Å²) >= 11 is 0. The Morgan fingerprint density at radius 2 is 2.04 bits per heavy atom. The van der Waals surface area contributed by atoms with Gasteiger partial charge in [-0.05, 0) is 32.4 Å². The lowest BCUT2D eigenvalue weighted by molar-refractivity contribution is 0.0950. The Bertz CT molecular complexity index is 882. The van der Waals surface area contributed by atoms with E-state index in [-0.39, 0.29) is 5.91 Å². The second kappa shape index (κ2) is 6.83. The Morgan fingerprint density at radius 3 is 2.83 bits per heavy atom. The van der Waals surface area contributed by atoms with Crippen LogP contribution in [0.4, 0.5) is 0 Å². The highest BCUT2D eigenvalue weighted by Gasteiger charge is 2.13. The molecule has 0 atom stereocenters. The molecule has 1 N–H and O–H groups in total. The van der Waals surface area contributed by atoms with Crippen molar-refractivity contribution >= 4 is 16.8 Å². The molecule has 0 aliphatic carbocycles. The van der Waals surface area contributed by atoms with Crippen molar-refractivity contribution in [2.75, 3.05) is 0 Å². The summed E-state index contributed by atoms with van der Waals surface area (Å²) in [4.78, 5) is 16.8. The maximum atomic E-state index is 12.4. The molecule has 2 heterocycles. The van der Waals surface area contributed by atoms with Crippen molar-refractivity contribution in [3.63, 3.8) is 0 Å². The van der Waals surface area contributed by atoms with Crippen LogP contribution in [0, 0.1) is 13.8 Å². The van der Waals surface area contributed by atoms with Gasteiger partial charge in [0, 0.05) is 35.9 Å². The first kappa shape index (κ1) is 16.2. The zero-order chi connectivity index (χ0) is 17.1. The predicted molar refractivity (Wildman–Crippen MR) is 94.9 cm³/mol. The molecular formula is C19H22N4O. The maximum Gasteiger partial charge on any atom is 0.253 e. The first-order valence-corrected chi connectivity index (χ1v) is 8.26. The summed E-state index contributed by atoms with van der Waals surface area (Å²) in [6, 6.07) is 9.65. The number of amides is 1. The topological polar surface area (TPSA) is 59.8 Å². The number of hydrogen-bond acceptors (Lipinski definition) is 3. The number of nitrogens with zero attached hydrogens (tertiary/aromatic N) is 3. The van der Waals surface area contributed by atoms with Gasteiger partial charge in [0.1, 0.15) is 0 Å². The lowest BCUT2D eigenvalue weighted by atomic mass is 10.1. The summed E-state index contributed by atoms with van der Waals surface area (Å²) < 4.78 is 2.01. The van der Waals surface area contributed by atoms with Crippen LogP contribution < -0.4 is 5.32 Å². The van der Waals surface area contributed by atoms with E-state index in [9.17, 15) is 4.79 Å². The Balaban J connectivity index is 1.75. The summed E-state index contributed by atoms with van der Waals surface area (Å²) in [5, 5.41) is 8.50. The van der Waals surface area contributed by atoms with Crippen molar-refractivity contribution in [1.82, 2.24) is 20.1 Å². The van der Waals surface area contributed by atoms with Gasteiger partial charge in [-0.25, -0.2) is 0 Å². The summed E-state index contributed by atoms with van der Waals surface area (Å²) in [6.07, 6.45) is 2.66. The fourth-order valence-electron chi connectivity index (χ4n) is 2.89. The normalized spacial score (nSPS) is 11.0. The smallest absolute Gasteiger partial charge is 0.253 e. The number of aromatic nitrogens is 3. The number of fused-ring (bicyclic) bond motifs is 1. The highest BCUT2D eigenvalue weighted by atomic mass is 16.1. The van der Waals surface area contributed by atoms with E-state index in [0.717, 1.165) is 40.8 Å². The molecule has 1 amide bonds. The number of carbonyl (C=O) groups excluding carboxylic acids is 1. The number of hydrogen-bond donors (Lipinski definition) is 1. The molecule has 0 aliphatic rings. The van der Waals surface area contributed by atoms with Crippen LogP contribution >= 0.6 is 0 Å². The number of benzene rings is 1. The van der Waals surface area contributed by atoms with E-state index in [1.807, 2.05) is 41.9 Å². The molecule has 1 aromatic carbocycles. The van der Waals surface area contributed by atoms with Gasteiger partial charge in [-0.3, -0.25) is 14.5 Å². The fourth-order valence-corrected chi connectivity index (χ4v) is 2.89. The average Bonchev–Trinajstić information content (AvgIpc) is 2.86. The van der Waals surface area contributed by atoms with Gasteiger partial charge in [-0.15, -0.1) is 0 Å². The lowest BCUT2D eigenvalue weighted by Crippen LogP contribution is -2.23. The molecule has 5 nitrogen and oxygen atoms in total. The largest absolute Gasteiger partial charge is 0.348 e. The molecule has 0 radical (unpaired) electrons. The van der Waals surface area contributed by atoms with Crippen molar-refractivity contribution in [2.45, 2.75) is 40.3 Å². The third-order valence-electron chi connectivity index (χ3n) is 4.25. The monoisotopic (exact) mass is 322 g/mol. The van der Waals surface area contributed by atoms with Crippen LogP contribution in [-0.2, 0) is 13.1 Å². The van der Waals surface area contributed by atoms with Gasteiger partial charge < -0.3 is 5.32 Å². The highest BCUT2D eigenvalue weighted by molar-refractivity contribution is 5.97. The number of rotatable bonds is 5. The first-order chi connectivity index (χ1) is 11.6. The Labute approximate surface area is 141 Å². The number of pyridine rings is 1. The van der Waals surface area contributed by atoms with Crippen LogP contribution in [0.3, 0.4) is 0 Å². The molecule has 0 aliphatic heterocycles. The van der Waals surface area contributed by atoms with Crippen molar-refractivity contribution in [1.29, 1.82) is 0 Å². The van der Waals surface area contributed by atoms with Crippen molar-refractivity contribution in [3.8, 4) is 0 Å². The third-order valence-corrected chi connectivity index (χ3v) is 4.25. The maximum absolute atomic E-state index is 12.4. The molecule has 0 bridgehead atoms. The van der Waals surface area contributed by atoms with Gasteiger partial charge in [-0.1, -0.05) is 25.1 Å². The summed E-state index contributed by atoms with van der Waals surface area (Å²) in [6.45, 7) is 7.54. The van der Waals surface area contributed by atoms with Gasteiger partial charge >= 0.3 is 0 Å². The summed E-state index contributed by atoms with van der Waals surface area (Å²) in [5.74, 6) is -0.115. The van der Waals surface area contributed by atoms with Crippen LogP contribution in [-0.4, -0.2) is 20.7 Å². The van der Waals surface area contributed by atoms with E-state index in [0.29, 0.717) is 12.1 Å². The first-order valence-electron chi connectivity index (χ1n) is 8.26. The van der Waals surface area contributed by atoms with Crippen molar-refractivity contribution in [3.05, 3.63) is 59.0 Å². The van der Waals surface area contributed by atoms with Gasteiger partial charge in [-0.2, -0.15) is 5.10 Å². The number of carbonyl (C=O) groups is 1. The zero-order valence-electron chi connectivity index (χ0n) is 14.3. The molecule has 0 spiro atoms. The fraction of sp³-hybridized carbons (Fsp3) is 0.316. The van der Waals surface area contributed by atoms with E-state index < -0.39 is 0 Å². The molecule has 124 valence electrons. The standard InChI is InChI=1S/C19H22N4O/c1-4-9-23-14(3)17(13(2)22-23)12-21-19(24)16-10-15-7-5-6-8-18(15)20-11-16/h5-8,10-11H,4,9,12H2,1-3H3,(H,21,24). The molecular weight excluding hydrogens is 300 g/mol. The van der Waals surface area contributed by atoms with Gasteiger partial charge in [0.2, 0.25) is 0 Å². The predicted octanol–water partition coefficient (Wildman–Crippen LogP) is 3.39. The Morgan fingerprint density at radius 1 is 1.25 bits per heavy atom. The Hall–Kier alpha value is -2.69. The molecule has 24 heavy (non-hydrogen) atoms. The molecule has 5 heteroatoms.